The van der Waals surface area contributed by atoms with Crippen molar-refractivity contribution in [1.29, 1.82) is 0 Å². The smallest absolute Gasteiger partial charge is 0.0842 e. The molecule has 0 saturated carbocycles. The Bertz CT molecular complexity index is 335. The van der Waals surface area contributed by atoms with Crippen molar-refractivity contribution in [3.8, 4) is 0 Å². The normalized spacial score (nSPS) is 14.5. The van der Waals surface area contributed by atoms with Gasteiger partial charge < -0.3 is 5.32 Å². The van der Waals surface area contributed by atoms with E-state index in [1.165, 1.54) is 32.1 Å². The van der Waals surface area contributed by atoms with E-state index >= 15 is 0 Å². The molecule has 1 heterocycles. The van der Waals surface area contributed by atoms with Gasteiger partial charge in [0.15, 0.2) is 0 Å². The Morgan fingerprint density at radius 3 is 2.58 bits per heavy atom. The molecule has 0 saturated heterocycles. The minimum atomic E-state index is 0.535. The van der Waals surface area contributed by atoms with Crippen LogP contribution in [0.3, 0.4) is 0 Å². The monoisotopic (exact) mass is 266 g/mol. The lowest BCUT2D eigenvalue weighted by Crippen LogP contribution is -2.38. The van der Waals surface area contributed by atoms with Crippen molar-refractivity contribution in [2.24, 2.45) is 13.0 Å². The Kier molecular flexibility index (Phi) is 7.72. The molecule has 110 valence electrons. The molecule has 2 unspecified atom stereocenters. The van der Waals surface area contributed by atoms with Gasteiger partial charge in [0.05, 0.1) is 5.69 Å². The quantitative estimate of drug-likeness (QED) is 0.708. The average molecular weight is 266 g/mol. The maximum atomic E-state index is 4.23. The summed E-state index contributed by atoms with van der Waals surface area (Å²) in [5.41, 5.74) is 1.10. The Hall–Kier alpha value is -0.900. The zero-order chi connectivity index (χ0) is 14.1. The fourth-order valence-corrected chi connectivity index (χ4v) is 2.61. The highest BCUT2D eigenvalue weighted by molar-refractivity contribution is 4.97. The van der Waals surface area contributed by atoms with Crippen molar-refractivity contribution in [2.75, 3.05) is 6.54 Å². The molecule has 0 aliphatic carbocycles. The molecule has 0 amide bonds. The lowest BCUT2D eigenvalue weighted by molar-refractivity contribution is 0.314. The minimum absolute atomic E-state index is 0.535. The molecule has 1 N–H and O–H groups in total. The minimum Gasteiger partial charge on any atom is -0.313 e. The van der Waals surface area contributed by atoms with Gasteiger partial charge in [-0.2, -0.15) is 0 Å². The molecule has 0 spiro atoms. The van der Waals surface area contributed by atoms with Gasteiger partial charge in [-0.05, 0) is 25.3 Å². The molecular weight excluding hydrogens is 236 g/mol. The third kappa shape index (κ3) is 5.72. The average Bonchev–Trinajstić information content (AvgIpc) is 2.81. The molecule has 4 nitrogen and oxygen atoms in total. The van der Waals surface area contributed by atoms with E-state index in [4.69, 9.17) is 0 Å². The summed E-state index contributed by atoms with van der Waals surface area (Å²) in [5.74, 6) is 0.744. The number of aryl methyl sites for hydroxylation is 1. The molecule has 1 rings (SSSR count). The van der Waals surface area contributed by atoms with Crippen LogP contribution >= 0.6 is 0 Å². The van der Waals surface area contributed by atoms with Gasteiger partial charge in [0.25, 0.3) is 0 Å². The van der Waals surface area contributed by atoms with Gasteiger partial charge in [-0.1, -0.05) is 45.2 Å². The standard InChI is InChI=1S/C15H30N4/c1-5-8-9-13(7-3)15(16-10-6-2)11-14-12-19(4)18-17-14/h12-13,15-16H,5-11H2,1-4H3. The second-order valence-corrected chi connectivity index (χ2v) is 5.46. The van der Waals surface area contributed by atoms with Crippen LogP contribution in [0, 0.1) is 5.92 Å². The molecule has 0 aliphatic heterocycles. The van der Waals surface area contributed by atoms with Crippen LogP contribution in [0.1, 0.15) is 58.6 Å². The van der Waals surface area contributed by atoms with Gasteiger partial charge in [-0.25, -0.2) is 0 Å². The fourth-order valence-electron chi connectivity index (χ4n) is 2.61. The molecule has 0 aliphatic rings. The Morgan fingerprint density at radius 2 is 2.05 bits per heavy atom. The number of nitrogens with zero attached hydrogens (tertiary/aromatic N) is 3. The van der Waals surface area contributed by atoms with Crippen LogP contribution in [0.2, 0.25) is 0 Å². The van der Waals surface area contributed by atoms with E-state index in [0.717, 1.165) is 24.6 Å². The van der Waals surface area contributed by atoms with Gasteiger partial charge >= 0.3 is 0 Å². The SMILES string of the molecule is CCCCC(CC)C(Cc1cn(C)nn1)NCCC. The van der Waals surface area contributed by atoms with Crippen molar-refractivity contribution in [2.45, 2.75) is 65.3 Å². The van der Waals surface area contributed by atoms with E-state index in [9.17, 15) is 0 Å². The van der Waals surface area contributed by atoms with Crippen LogP contribution in [0.15, 0.2) is 6.20 Å². The first-order chi connectivity index (χ1) is 9.21. The number of hydrogen-bond donors (Lipinski definition) is 1. The molecule has 0 bridgehead atoms. The maximum Gasteiger partial charge on any atom is 0.0842 e. The van der Waals surface area contributed by atoms with Crippen molar-refractivity contribution in [3.63, 3.8) is 0 Å². The first kappa shape index (κ1) is 16.2. The molecular formula is C15H30N4. The lowest BCUT2D eigenvalue weighted by Gasteiger charge is -2.27. The van der Waals surface area contributed by atoms with Gasteiger partial charge in [0, 0.05) is 25.7 Å². The summed E-state index contributed by atoms with van der Waals surface area (Å²) in [6.45, 7) is 7.88. The lowest BCUT2D eigenvalue weighted by atomic mass is 9.88. The Balaban J connectivity index is 2.62. The summed E-state index contributed by atoms with van der Waals surface area (Å²) in [6.07, 6.45) is 9.37. The summed E-state index contributed by atoms with van der Waals surface area (Å²) in [7, 11) is 1.93. The molecule has 1 aromatic heterocycles. The fraction of sp³-hybridized carbons (Fsp3) is 0.867. The van der Waals surface area contributed by atoms with Crippen LogP contribution in [0.25, 0.3) is 0 Å². The highest BCUT2D eigenvalue weighted by atomic mass is 15.4. The van der Waals surface area contributed by atoms with Crippen LogP contribution in [-0.2, 0) is 13.5 Å². The predicted molar refractivity (Wildman–Crippen MR) is 80.1 cm³/mol. The summed E-state index contributed by atoms with van der Waals surface area (Å²) in [6, 6.07) is 0.535. The Labute approximate surface area is 118 Å². The molecule has 2 atom stereocenters. The van der Waals surface area contributed by atoms with Crippen molar-refractivity contribution in [3.05, 3.63) is 11.9 Å². The number of aromatic nitrogens is 3. The van der Waals surface area contributed by atoms with E-state index in [1.54, 1.807) is 4.68 Å². The van der Waals surface area contributed by atoms with Crippen LogP contribution in [0.4, 0.5) is 0 Å². The van der Waals surface area contributed by atoms with Crippen molar-refractivity contribution < 1.29 is 0 Å². The number of unbranched alkanes of at least 4 members (excludes halogenated alkanes) is 1. The first-order valence-corrected chi connectivity index (χ1v) is 7.79. The van der Waals surface area contributed by atoms with Crippen molar-refractivity contribution >= 4 is 0 Å². The van der Waals surface area contributed by atoms with E-state index in [1.807, 2.05) is 13.2 Å². The molecule has 4 heteroatoms. The number of nitrogens with one attached hydrogen (secondary N) is 1. The Morgan fingerprint density at radius 1 is 1.26 bits per heavy atom. The molecule has 0 radical (unpaired) electrons. The first-order valence-electron chi connectivity index (χ1n) is 7.79. The van der Waals surface area contributed by atoms with Crippen LogP contribution in [0.5, 0.6) is 0 Å². The zero-order valence-corrected chi connectivity index (χ0v) is 13.0. The third-order valence-electron chi connectivity index (χ3n) is 3.76. The third-order valence-corrected chi connectivity index (χ3v) is 3.76. The summed E-state index contributed by atoms with van der Waals surface area (Å²) >= 11 is 0. The number of hydrogen-bond acceptors (Lipinski definition) is 3. The number of rotatable bonds is 10. The second kappa shape index (κ2) is 9.08. The van der Waals surface area contributed by atoms with Gasteiger partial charge in [-0.3, -0.25) is 4.68 Å². The largest absolute Gasteiger partial charge is 0.313 e. The topological polar surface area (TPSA) is 42.7 Å². The second-order valence-electron chi connectivity index (χ2n) is 5.46. The highest BCUT2D eigenvalue weighted by Crippen LogP contribution is 2.19. The summed E-state index contributed by atoms with van der Waals surface area (Å²) in [4.78, 5) is 0. The van der Waals surface area contributed by atoms with Gasteiger partial charge in [0.1, 0.15) is 0 Å². The molecule has 19 heavy (non-hydrogen) atoms. The van der Waals surface area contributed by atoms with E-state index in [0.29, 0.717) is 6.04 Å². The van der Waals surface area contributed by atoms with E-state index in [-0.39, 0.29) is 0 Å². The van der Waals surface area contributed by atoms with E-state index < -0.39 is 0 Å². The van der Waals surface area contributed by atoms with Gasteiger partial charge in [-0.15, -0.1) is 5.10 Å². The van der Waals surface area contributed by atoms with Crippen molar-refractivity contribution in [1.82, 2.24) is 20.3 Å². The predicted octanol–water partition coefficient (Wildman–Crippen LogP) is 2.94. The molecule has 0 fully saturated rings. The van der Waals surface area contributed by atoms with E-state index in [2.05, 4.69) is 36.4 Å². The summed E-state index contributed by atoms with van der Waals surface area (Å²) < 4.78 is 1.79. The molecule has 0 aromatic carbocycles. The maximum absolute atomic E-state index is 4.23. The highest BCUT2D eigenvalue weighted by Gasteiger charge is 2.20. The summed E-state index contributed by atoms with van der Waals surface area (Å²) in [5, 5.41) is 12.0. The van der Waals surface area contributed by atoms with Crippen LogP contribution < -0.4 is 5.32 Å². The van der Waals surface area contributed by atoms with Gasteiger partial charge in [0.2, 0.25) is 0 Å². The van der Waals surface area contributed by atoms with Crippen LogP contribution in [-0.4, -0.2) is 27.6 Å². The zero-order valence-electron chi connectivity index (χ0n) is 13.0. The molecule has 1 aromatic rings.